The van der Waals surface area contributed by atoms with E-state index in [1.54, 1.807) is 33.5 Å². The van der Waals surface area contributed by atoms with Gasteiger partial charge in [0.15, 0.2) is 0 Å². The Bertz CT molecular complexity index is 2860. The molecular formula is C49H57FN10O7S. The number of ether oxygens (including phenoxy) is 3. The Morgan fingerprint density at radius 1 is 0.897 bits per heavy atom. The van der Waals surface area contributed by atoms with Crippen LogP contribution in [0.25, 0.3) is 44.7 Å². The van der Waals surface area contributed by atoms with E-state index in [0.717, 1.165) is 51.3 Å². The second kappa shape index (κ2) is 19.1. The van der Waals surface area contributed by atoms with Crippen LogP contribution in [-0.2, 0) is 25.6 Å². The molecule has 2 aromatic carbocycles. The topological polar surface area (TPSA) is 202 Å². The fourth-order valence-electron chi connectivity index (χ4n) is 9.27. The number of nitrogens with zero attached hydrogens (tertiary/aromatic N) is 6. The highest BCUT2D eigenvalue weighted by Gasteiger charge is 2.39. The lowest BCUT2D eigenvalue weighted by Crippen LogP contribution is -2.51. The van der Waals surface area contributed by atoms with Crippen LogP contribution in [0.4, 0.5) is 14.0 Å². The minimum absolute atomic E-state index is 0.168. The minimum Gasteiger partial charge on any atom is -0.464 e. The summed E-state index contributed by atoms with van der Waals surface area (Å²) < 4.78 is 35.3. The first-order valence-electron chi connectivity index (χ1n) is 23.3. The number of methoxy groups -OCH3 is 2. The molecule has 4 amide bonds. The summed E-state index contributed by atoms with van der Waals surface area (Å²) in [6.07, 6.45) is 7.63. The summed E-state index contributed by atoms with van der Waals surface area (Å²) in [5, 5.41) is 7.29. The third-order valence-electron chi connectivity index (χ3n) is 13.0. The molecule has 4 N–H and O–H groups in total. The van der Waals surface area contributed by atoms with Crippen LogP contribution >= 0.6 is 11.3 Å². The first-order chi connectivity index (χ1) is 32.8. The number of halogens is 1. The van der Waals surface area contributed by atoms with E-state index >= 15 is 4.39 Å². The van der Waals surface area contributed by atoms with Crippen molar-refractivity contribution in [1.82, 2.24) is 49.9 Å². The first kappa shape index (κ1) is 46.4. The number of aromatic amines is 2. The van der Waals surface area contributed by atoms with Crippen LogP contribution in [0.2, 0.25) is 0 Å². The van der Waals surface area contributed by atoms with Gasteiger partial charge in [0.2, 0.25) is 18.0 Å². The van der Waals surface area contributed by atoms with Gasteiger partial charge in [-0.05, 0) is 74.3 Å². The average Bonchev–Trinajstić information content (AvgIpc) is 3.91. The number of aromatic nitrogens is 6. The van der Waals surface area contributed by atoms with Crippen molar-refractivity contribution >= 4 is 46.2 Å². The number of amides is 4. The number of fused-ring (bicyclic) bond motifs is 5. The summed E-state index contributed by atoms with van der Waals surface area (Å²) in [5.41, 5.74) is 4.51. The first-order valence-corrected chi connectivity index (χ1v) is 24.1. The second-order valence-corrected chi connectivity index (χ2v) is 19.5. The minimum atomic E-state index is -0.773. The number of benzene rings is 2. The van der Waals surface area contributed by atoms with Crippen LogP contribution in [0.3, 0.4) is 0 Å². The van der Waals surface area contributed by atoms with Crippen LogP contribution in [0.5, 0.6) is 5.75 Å². The molecule has 2 fully saturated rings. The van der Waals surface area contributed by atoms with Gasteiger partial charge in [0.05, 0.1) is 77.2 Å². The maximum absolute atomic E-state index is 16.9. The monoisotopic (exact) mass is 948 g/mol. The number of nitrogens with one attached hydrogen (secondary N) is 4. The van der Waals surface area contributed by atoms with Gasteiger partial charge in [0.1, 0.15) is 35.3 Å². The van der Waals surface area contributed by atoms with Crippen LogP contribution in [0.15, 0.2) is 55.0 Å². The zero-order chi connectivity index (χ0) is 48.0. The number of likely N-dealkylation sites (tertiary alicyclic amines) is 1. The predicted octanol–water partition coefficient (Wildman–Crippen LogP) is 8.66. The molecule has 0 spiro atoms. The molecule has 1 saturated carbocycles. The van der Waals surface area contributed by atoms with Gasteiger partial charge in [-0.3, -0.25) is 14.2 Å². The third-order valence-corrected chi connectivity index (χ3v) is 14.2. The molecule has 1 aliphatic carbocycles. The molecule has 68 heavy (non-hydrogen) atoms. The van der Waals surface area contributed by atoms with Crippen molar-refractivity contribution in [3.63, 3.8) is 0 Å². The molecule has 0 radical (unpaired) electrons. The van der Waals surface area contributed by atoms with Crippen molar-refractivity contribution in [2.45, 2.75) is 104 Å². The van der Waals surface area contributed by atoms with Crippen LogP contribution in [0, 0.1) is 17.7 Å². The lowest BCUT2D eigenvalue weighted by atomic mass is 10.0. The Balaban J connectivity index is 1.02. The van der Waals surface area contributed by atoms with Gasteiger partial charge >= 0.3 is 12.2 Å². The molecule has 1 unspecified atom stereocenters. The Morgan fingerprint density at radius 2 is 1.62 bits per heavy atom. The number of carbonyl (C=O) groups excluding carboxylic acids is 4. The SMILES string of the molecule is CCCN(Cc1ncc(-c2ccc3c(c2)cc2n3[C@H](c3cnc(C4CC4)s3)Oc3cc(-c4cnc([C@@H]5CCCN5C(=O)C(NC(=O)OC)C(C)C)[nH]4)cc(F)c3-2)[nH]1)C(=O)[C@@H](NC(=O)OC)C(C)C. The molecule has 6 heterocycles. The standard InChI is InChI=1S/C49H57FN10O7S/c1-8-15-58(45(61)41(25(2)3)56-48(63)65-6)24-39-51-21-32(54-39)28-13-14-34-30(17-28)19-36-40-31(50)18-29(20-37(40)67-47(60(34)36)38-23-53-44(68-38)27-11-12-27)33-22-52-43(55-33)35-10-9-16-59(35)46(62)42(26(4)5)57-49(64)66-7/h13-14,17-23,25-27,35,41-42,47H,8-12,15-16,24H2,1-7H3,(H,51,54)(H,52,55)(H,56,63)(H,57,64)/t35-,41-,42?,47-/m0/s1. The highest BCUT2D eigenvalue weighted by Crippen LogP contribution is 2.49. The molecule has 358 valence electrons. The molecule has 4 aromatic heterocycles. The quantitative estimate of drug-likeness (QED) is 0.0772. The summed E-state index contributed by atoms with van der Waals surface area (Å²) in [4.78, 5) is 77.0. The van der Waals surface area contributed by atoms with Crippen molar-refractivity contribution in [3.05, 3.63) is 82.3 Å². The molecule has 6 aromatic rings. The average molecular weight is 949 g/mol. The zero-order valence-corrected chi connectivity index (χ0v) is 40.0. The fourth-order valence-corrected chi connectivity index (χ4v) is 10.4. The molecule has 2 aliphatic heterocycles. The van der Waals surface area contributed by atoms with Crippen LogP contribution in [0.1, 0.15) is 106 Å². The number of thiazole rings is 1. The third kappa shape index (κ3) is 9.02. The lowest BCUT2D eigenvalue weighted by molar-refractivity contribution is -0.136. The predicted molar refractivity (Wildman–Crippen MR) is 253 cm³/mol. The highest BCUT2D eigenvalue weighted by atomic mass is 32.1. The van der Waals surface area contributed by atoms with Crippen LogP contribution in [-0.4, -0.2) is 103 Å². The van der Waals surface area contributed by atoms with Crippen molar-refractivity contribution in [1.29, 1.82) is 0 Å². The Kier molecular flexibility index (Phi) is 13.0. The van der Waals surface area contributed by atoms with E-state index in [1.807, 2.05) is 75.7 Å². The Hall–Kier alpha value is -6.76. The number of hydrogen-bond donors (Lipinski definition) is 4. The van der Waals surface area contributed by atoms with E-state index in [-0.39, 0.29) is 36.2 Å². The molecular weight excluding hydrogens is 892 g/mol. The van der Waals surface area contributed by atoms with Crippen LogP contribution < -0.4 is 15.4 Å². The number of hydrogen-bond acceptors (Lipinski definition) is 11. The van der Waals surface area contributed by atoms with E-state index in [1.165, 1.54) is 20.3 Å². The second-order valence-electron chi connectivity index (χ2n) is 18.4. The fraction of sp³-hybridized carbons (Fsp3) is 0.449. The molecule has 17 nitrogen and oxygen atoms in total. The highest BCUT2D eigenvalue weighted by molar-refractivity contribution is 7.11. The molecule has 19 heteroatoms. The Morgan fingerprint density at radius 3 is 2.32 bits per heavy atom. The summed E-state index contributed by atoms with van der Waals surface area (Å²) in [7, 11) is 2.54. The maximum Gasteiger partial charge on any atom is 0.407 e. The van der Waals surface area contributed by atoms with Crippen molar-refractivity contribution in [3.8, 4) is 39.5 Å². The van der Waals surface area contributed by atoms with E-state index in [4.69, 9.17) is 24.2 Å². The van der Waals surface area contributed by atoms with Gasteiger partial charge in [-0.25, -0.2) is 28.9 Å². The van der Waals surface area contributed by atoms with Crippen molar-refractivity contribution in [2.75, 3.05) is 27.3 Å². The van der Waals surface area contributed by atoms with E-state index in [0.29, 0.717) is 71.8 Å². The van der Waals surface area contributed by atoms with Gasteiger partial charge < -0.3 is 44.6 Å². The maximum atomic E-state index is 16.9. The van der Waals surface area contributed by atoms with E-state index in [9.17, 15) is 19.2 Å². The van der Waals surface area contributed by atoms with Gasteiger partial charge in [0.25, 0.3) is 0 Å². The largest absolute Gasteiger partial charge is 0.464 e. The van der Waals surface area contributed by atoms with E-state index < -0.39 is 36.3 Å². The number of imidazole rings is 2. The van der Waals surface area contributed by atoms with E-state index in [2.05, 4.69) is 25.6 Å². The van der Waals surface area contributed by atoms with Crippen molar-refractivity contribution in [2.24, 2.45) is 11.8 Å². The normalized spacial score (nSPS) is 17.4. The lowest BCUT2D eigenvalue weighted by Gasteiger charge is -2.30. The molecule has 1 saturated heterocycles. The smallest absolute Gasteiger partial charge is 0.407 e. The Labute approximate surface area is 397 Å². The van der Waals surface area contributed by atoms with Gasteiger partial charge in [-0.1, -0.05) is 40.7 Å². The molecule has 4 atom stereocenters. The zero-order valence-electron chi connectivity index (χ0n) is 39.2. The summed E-state index contributed by atoms with van der Waals surface area (Å²) in [6.45, 7) is 10.7. The summed E-state index contributed by atoms with van der Waals surface area (Å²) >= 11 is 1.62. The molecule has 0 bridgehead atoms. The number of rotatable bonds is 15. The number of alkyl carbamates (subject to hydrolysis) is 2. The summed E-state index contributed by atoms with van der Waals surface area (Å²) in [6, 6.07) is 9.41. The number of H-pyrrole nitrogens is 2. The van der Waals surface area contributed by atoms with Gasteiger partial charge in [-0.15, -0.1) is 11.3 Å². The number of carbonyl (C=O) groups is 4. The summed E-state index contributed by atoms with van der Waals surface area (Å²) in [5.74, 6) is 0.705. The molecule has 3 aliphatic rings. The van der Waals surface area contributed by atoms with Gasteiger partial charge in [-0.2, -0.15) is 0 Å². The van der Waals surface area contributed by atoms with Crippen molar-refractivity contribution < 1.29 is 37.8 Å². The van der Waals surface area contributed by atoms with Gasteiger partial charge in [0, 0.05) is 41.7 Å². The molecule has 9 rings (SSSR count).